The van der Waals surface area contributed by atoms with E-state index in [0.717, 1.165) is 12.1 Å². The molecule has 0 aliphatic rings. The van der Waals surface area contributed by atoms with Crippen LogP contribution in [0.25, 0.3) is 0 Å². The molecule has 0 amide bonds. The summed E-state index contributed by atoms with van der Waals surface area (Å²) in [6.07, 6.45) is 1.75. The second kappa shape index (κ2) is 6.85. The van der Waals surface area contributed by atoms with Gasteiger partial charge in [-0.2, -0.15) is 0 Å². The van der Waals surface area contributed by atoms with Gasteiger partial charge in [0.2, 0.25) is 5.88 Å². The second-order valence-corrected chi connectivity index (χ2v) is 6.48. The minimum atomic E-state index is 0.218. The average molecular weight is 316 g/mol. The van der Waals surface area contributed by atoms with Crippen molar-refractivity contribution in [1.82, 2.24) is 10.3 Å². The van der Waals surface area contributed by atoms with E-state index in [1.165, 1.54) is 9.75 Å². The minimum absolute atomic E-state index is 0.218. The Kier molecular flexibility index (Phi) is 4.65. The van der Waals surface area contributed by atoms with E-state index in [2.05, 4.69) is 45.3 Å². The number of pyridine rings is 1. The zero-order valence-electron chi connectivity index (χ0n) is 11.7. The molecule has 3 aromatic heterocycles. The first-order chi connectivity index (χ1) is 10.4. The van der Waals surface area contributed by atoms with Gasteiger partial charge in [-0.05, 0) is 29.0 Å². The van der Waals surface area contributed by atoms with E-state index in [1.54, 1.807) is 36.0 Å². The Morgan fingerprint density at radius 3 is 2.38 bits per heavy atom. The first kappa shape index (κ1) is 14.3. The standard InChI is InChI=1S/C16H16N2OS2/c1-19-16-12(5-2-8-17-16)11-18-15(13-6-3-9-20-13)14-7-4-10-21-14/h2-10,15,18H,11H2,1H3. The van der Waals surface area contributed by atoms with E-state index >= 15 is 0 Å². The quantitative estimate of drug-likeness (QED) is 0.743. The number of thiophene rings is 2. The second-order valence-electron chi connectivity index (χ2n) is 4.52. The van der Waals surface area contributed by atoms with Crippen LogP contribution in [0, 0.1) is 0 Å². The van der Waals surface area contributed by atoms with Crippen LogP contribution >= 0.6 is 22.7 Å². The fourth-order valence-electron chi connectivity index (χ4n) is 2.21. The van der Waals surface area contributed by atoms with Crippen LogP contribution in [0.3, 0.4) is 0 Å². The third-order valence-electron chi connectivity index (χ3n) is 3.20. The Hall–Kier alpha value is -1.69. The van der Waals surface area contributed by atoms with Crippen LogP contribution in [0.1, 0.15) is 21.4 Å². The Balaban J connectivity index is 1.80. The van der Waals surface area contributed by atoms with Crippen LogP contribution in [-0.2, 0) is 6.54 Å². The molecule has 5 heteroatoms. The predicted molar refractivity (Wildman–Crippen MR) is 88.1 cm³/mol. The summed E-state index contributed by atoms with van der Waals surface area (Å²) in [6, 6.07) is 12.7. The lowest BCUT2D eigenvalue weighted by Crippen LogP contribution is -2.20. The van der Waals surface area contributed by atoms with Crippen molar-refractivity contribution in [2.75, 3.05) is 7.11 Å². The number of hydrogen-bond acceptors (Lipinski definition) is 5. The van der Waals surface area contributed by atoms with Gasteiger partial charge in [0.25, 0.3) is 0 Å². The molecule has 3 aromatic rings. The van der Waals surface area contributed by atoms with Crippen molar-refractivity contribution in [2.45, 2.75) is 12.6 Å². The van der Waals surface area contributed by atoms with Gasteiger partial charge in [-0.3, -0.25) is 0 Å². The van der Waals surface area contributed by atoms with Gasteiger partial charge in [0.15, 0.2) is 0 Å². The maximum atomic E-state index is 5.31. The lowest BCUT2D eigenvalue weighted by molar-refractivity contribution is 0.390. The van der Waals surface area contributed by atoms with Gasteiger partial charge in [-0.15, -0.1) is 22.7 Å². The first-order valence-corrected chi connectivity index (χ1v) is 8.42. The van der Waals surface area contributed by atoms with Crippen LogP contribution in [0.15, 0.2) is 53.4 Å². The average Bonchev–Trinajstić information content (AvgIpc) is 3.22. The molecule has 108 valence electrons. The number of nitrogens with one attached hydrogen (secondary N) is 1. The molecule has 3 nitrogen and oxygen atoms in total. The molecule has 0 radical (unpaired) electrons. The van der Waals surface area contributed by atoms with E-state index < -0.39 is 0 Å². The van der Waals surface area contributed by atoms with Gasteiger partial charge in [0, 0.05) is 28.1 Å². The number of rotatable bonds is 6. The smallest absolute Gasteiger partial charge is 0.217 e. The normalized spacial score (nSPS) is 11.0. The molecule has 1 N–H and O–H groups in total. The van der Waals surface area contributed by atoms with Gasteiger partial charge < -0.3 is 10.1 Å². The maximum Gasteiger partial charge on any atom is 0.217 e. The number of hydrogen-bond donors (Lipinski definition) is 1. The third kappa shape index (κ3) is 3.32. The zero-order valence-corrected chi connectivity index (χ0v) is 13.3. The van der Waals surface area contributed by atoms with Crippen molar-refractivity contribution in [2.24, 2.45) is 0 Å². The molecule has 0 fully saturated rings. The summed E-state index contributed by atoms with van der Waals surface area (Å²) >= 11 is 3.54. The van der Waals surface area contributed by atoms with Crippen molar-refractivity contribution < 1.29 is 4.74 Å². The Labute approximate surface area is 132 Å². The molecule has 0 aliphatic heterocycles. The monoisotopic (exact) mass is 316 g/mol. The fourth-order valence-corrected chi connectivity index (χ4v) is 3.92. The largest absolute Gasteiger partial charge is 0.481 e. The molecule has 0 unspecified atom stereocenters. The molecule has 3 rings (SSSR count). The van der Waals surface area contributed by atoms with Gasteiger partial charge >= 0.3 is 0 Å². The summed E-state index contributed by atoms with van der Waals surface area (Å²) in [7, 11) is 1.65. The topological polar surface area (TPSA) is 34.1 Å². The van der Waals surface area contributed by atoms with Crippen molar-refractivity contribution in [1.29, 1.82) is 0 Å². The summed E-state index contributed by atoms with van der Waals surface area (Å²) in [5, 5.41) is 7.84. The highest BCUT2D eigenvalue weighted by Crippen LogP contribution is 2.29. The van der Waals surface area contributed by atoms with Gasteiger partial charge in [0.1, 0.15) is 0 Å². The van der Waals surface area contributed by atoms with Crippen molar-refractivity contribution >= 4 is 22.7 Å². The number of nitrogens with zero attached hydrogens (tertiary/aromatic N) is 1. The molecule has 0 aliphatic carbocycles. The van der Waals surface area contributed by atoms with Crippen LogP contribution in [0.2, 0.25) is 0 Å². The highest BCUT2D eigenvalue weighted by molar-refractivity contribution is 7.11. The minimum Gasteiger partial charge on any atom is -0.481 e. The highest BCUT2D eigenvalue weighted by atomic mass is 32.1. The highest BCUT2D eigenvalue weighted by Gasteiger charge is 2.16. The van der Waals surface area contributed by atoms with Crippen molar-refractivity contribution in [3.63, 3.8) is 0 Å². The van der Waals surface area contributed by atoms with E-state index in [9.17, 15) is 0 Å². The Morgan fingerprint density at radius 1 is 1.10 bits per heavy atom. The molecule has 0 aromatic carbocycles. The number of methoxy groups -OCH3 is 1. The molecular weight excluding hydrogens is 300 g/mol. The lowest BCUT2D eigenvalue weighted by Gasteiger charge is -2.17. The molecule has 0 saturated heterocycles. The molecular formula is C16H16N2OS2. The number of aromatic nitrogens is 1. The van der Waals surface area contributed by atoms with Gasteiger partial charge in [-0.25, -0.2) is 4.98 Å². The van der Waals surface area contributed by atoms with Crippen molar-refractivity contribution in [3.8, 4) is 5.88 Å². The molecule has 21 heavy (non-hydrogen) atoms. The fraction of sp³-hybridized carbons (Fsp3) is 0.188. The molecule has 0 saturated carbocycles. The summed E-state index contributed by atoms with van der Waals surface area (Å²) in [5.41, 5.74) is 1.07. The van der Waals surface area contributed by atoms with Crippen LogP contribution in [-0.4, -0.2) is 12.1 Å². The van der Waals surface area contributed by atoms with Crippen LogP contribution in [0.5, 0.6) is 5.88 Å². The van der Waals surface area contributed by atoms with E-state index in [-0.39, 0.29) is 6.04 Å². The van der Waals surface area contributed by atoms with Crippen molar-refractivity contribution in [3.05, 3.63) is 68.7 Å². The summed E-state index contributed by atoms with van der Waals surface area (Å²) < 4.78 is 5.31. The van der Waals surface area contributed by atoms with Gasteiger partial charge in [0.05, 0.1) is 13.2 Å². The predicted octanol–water partition coefficient (Wildman–Crippen LogP) is 4.09. The van der Waals surface area contributed by atoms with Crippen LogP contribution in [0.4, 0.5) is 0 Å². The van der Waals surface area contributed by atoms with Crippen LogP contribution < -0.4 is 10.1 Å². The molecule has 3 heterocycles. The zero-order chi connectivity index (χ0) is 14.5. The number of ether oxygens (including phenoxy) is 1. The van der Waals surface area contributed by atoms with E-state index in [4.69, 9.17) is 4.74 Å². The molecule has 0 atom stereocenters. The molecule has 0 spiro atoms. The first-order valence-electron chi connectivity index (χ1n) is 6.66. The SMILES string of the molecule is COc1ncccc1CNC(c1cccs1)c1cccs1. The molecule has 0 bridgehead atoms. The van der Waals surface area contributed by atoms with Gasteiger partial charge in [-0.1, -0.05) is 18.2 Å². The van der Waals surface area contributed by atoms with E-state index in [0.29, 0.717) is 5.88 Å². The third-order valence-corrected chi connectivity index (χ3v) is 5.07. The Bertz CT molecular complexity index is 631. The summed E-state index contributed by atoms with van der Waals surface area (Å²) in [5.74, 6) is 0.682. The maximum absolute atomic E-state index is 5.31. The summed E-state index contributed by atoms with van der Waals surface area (Å²) in [4.78, 5) is 6.88. The van der Waals surface area contributed by atoms with E-state index in [1.807, 2.05) is 12.1 Å². The lowest BCUT2D eigenvalue weighted by atomic mass is 10.2. The Morgan fingerprint density at radius 2 is 1.81 bits per heavy atom. The summed E-state index contributed by atoms with van der Waals surface area (Å²) in [6.45, 7) is 0.720.